The molecule has 0 aliphatic rings. The third kappa shape index (κ3) is 1.70. The van der Waals surface area contributed by atoms with Gasteiger partial charge in [-0.1, -0.05) is 36.5 Å². The molecule has 1 aromatic carbocycles. The molecular formula is C10H8N3S. The van der Waals surface area contributed by atoms with E-state index in [1.165, 1.54) is 0 Å². The Morgan fingerprint density at radius 2 is 2.21 bits per heavy atom. The minimum atomic E-state index is 0.567. The highest BCUT2D eigenvalue weighted by molar-refractivity contribution is 7.78. The molecule has 0 amide bonds. The minimum Gasteiger partial charge on any atom is -0.368 e. The van der Waals surface area contributed by atoms with Crippen molar-refractivity contribution in [2.45, 2.75) is 6.54 Å². The molecule has 1 radical (unpaired) electrons. The lowest BCUT2D eigenvalue weighted by Gasteiger charge is -2.02. The standard InChI is InChI=1S/C10H8N3S/c14-7-11-6-10-9-4-2-1-3-8(9)5-12-13-10/h1-5H,6H2,(H,11,14). The smallest absolute Gasteiger partial charge is 0.134 e. The second-order valence-electron chi connectivity index (χ2n) is 2.83. The lowest BCUT2D eigenvalue weighted by molar-refractivity contribution is 0.860. The highest BCUT2D eigenvalue weighted by Gasteiger charge is 2.00. The molecule has 2 aromatic rings. The quantitative estimate of drug-likeness (QED) is 0.605. The monoisotopic (exact) mass is 202 g/mol. The summed E-state index contributed by atoms with van der Waals surface area (Å²) in [7, 11) is 0. The fraction of sp³-hybridized carbons (Fsp3) is 0.100. The summed E-state index contributed by atoms with van der Waals surface area (Å²) < 4.78 is 0. The molecule has 0 bridgehead atoms. The van der Waals surface area contributed by atoms with Gasteiger partial charge < -0.3 is 5.32 Å². The number of nitrogens with one attached hydrogen (secondary N) is 1. The van der Waals surface area contributed by atoms with Gasteiger partial charge in [-0.3, -0.25) is 0 Å². The first-order valence-corrected chi connectivity index (χ1v) is 4.62. The van der Waals surface area contributed by atoms with Gasteiger partial charge in [0.1, 0.15) is 5.49 Å². The van der Waals surface area contributed by atoms with Gasteiger partial charge in [0, 0.05) is 10.8 Å². The van der Waals surface area contributed by atoms with Gasteiger partial charge in [-0.15, -0.1) is 0 Å². The molecule has 2 rings (SSSR count). The molecule has 1 heterocycles. The van der Waals surface area contributed by atoms with Gasteiger partial charge in [0.25, 0.3) is 0 Å². The predicted octanol–water partition coefficient (Wildman–Crippen LogP) is 1.55. The summed E-state index contributed by atoms with van der Waals surface area (Å²) in [6, 6.07) is 7.99. The van der Waals surface area contributed by atoms with Crippen LogP contribution in [0.2, 0.25) is 0 Å². The zero-order valence-corrected chi connectivity index (χ0v) is 8.21. The number of rotatable bonds is 3. The molecule has 0 saturated heterocycles. The molecule has 0 spiro atoms. The van der Waals surface area contributed by atoms with E-state index in [9.17, 15) is 0 Å². The van der Waals surface area contributed by atoms with Crippen LogP contribution in [0, 0.1) is 0 Å². The van der Waals surface area contributed by atoms with Crippen molar-refractivity contribution >= 4 is 28.5 Å². The van der Waals surface area contributed by atoms with Crippen LogP contribution in [0.5, 0.6) is 0 Å². The summed E-state index contributed by atoms with van der Waals surface area (Å²) in [6.45, 7) is 0.567. The topological polar surface area (TPSA) is 37.8 Å². The third-order valence-corrected chi connectivity index (χ3v) is 2.12. The Balaban J connectivity index is 2.48. The number of thiocarbonyl (C=S) groups is 1. The van der Waals surface area contributed by atoms with E-state index < -0.39 is 0 Å². The predicted molar refractivity (Wildman–Crippen MR) is 59.0 cm³/mol. The number of fused-ring (bicyclic) bond motifs is 1. The summed E-state index contributed by atoms with van der Waals surface area (Å²) in [5.74, 6) is 0. The molecule has 1 aromatic heterocycles. The molecule has 0 aliphatic carbocycles. The van der Waals surface area contributed by atoms with Crippen molar-refractivity contribution in [3.05, 3.63) is 36.2 Å². The Morgan fingerprint density at radius 1 is 1.36 bits per heavy atom. The van der Waals surface area contributed by atoms with Crippen molar-refractivity contribution in [1.29, 1.82) is 0 Å². The zero-order chi connectivity index (χ0) is 9.80. The maximum Gasteiger partial charge on any atom is 0.134 e. The molecule has 3 nitrogen and oxygen atoms in total. The molecule has 1 N–H and O–H groups in total. The van der Waals surface area contributed by atoms with Crippen molar-refractivity contribution in [3.63, 3.8) is 0 Å². The van der Waals surface area contributed by atoms with Crippen LogP contribution in [0.4, 0.5) is 0 Å². The number of hydrogen-bond acceptors (Lipinski definition) is 3. The Morgan fingerprint density at radius 3 is 3.07 bits per heavy atom. The van der Waals surface area contributed by atoms with Crippen LogP contribution in [-0.4, -0.2) is 15.7 Å². The zero-order valence-electron chi connectivity index (χ0n) is 7.40. The highest BCUT2D eigenvalue weighted by Crippen LogP contribution is 2.14. The van der Waals surface area contributed by atoms with Gasteiger partial charge in [0.15, 0.2) is 0 Å². The Bertz CT molecular complexity index is 451. The van der Waals surface area contributed by atoms with Crippen LogP contribution in [-0.2, 0) is 6.54 Å². The Labute approximate surface area is 87.2 Å². The van der Waals surface area contributed by atoms with Gasteiger partial charge in [0.2, 0.25) is 0 Å². The van der Waals surface area contributed by atoms with E-state index in [0.29, 0.717) is 6.54 Å². The fourth-order valence-electron chi connectivity index (χ4n) is 1.34. The van der Waals surface area contributed by atoms with E-state index in [-0.39, 0.29) is 0 Å². The maximum absolute atomic E-state index is 4.56. The van der Waals surface area contributed by atoms with Gasteiger partial charge in [-0.05, 0) is 0 Å². The van der Waals surface area contributed by atoms with E-state index in [1.807, 2.05) is 24.3 Å². The van der Waals surface area contributed by atoms with Crippen molar-refractivity contribution in [2.24, 2.45) is 0 Å². The van der Waals surface area contributed by atoms with Gasteiger partial charge in [-0.25, -0.2) is 0 Å². The number of aromatic nitrogens is 2. The second kappa shape index (κ2) is 4.11. The first-order chi connectivity index (χ1) is 6.92. The van der Waals surface area contributed by atoms with Crippen LogP contribution in [0.15, 0.2) is 30.5 Å². The molecule has 69 valence electrons. The van der Waals surface area contributed by atoms with Crippen LogP contribution in [0.25, 0.3) is 10.8 Å². The van der Waals surface area contributed by atoms with Crippen molar-refractivity contribution < 1.29 is 0 Å². The lowest BCUT2D eigenvalue weighted by atomic mass is 10.1. The number of benzene rings is 1. The molecule has 0 aliphatic heterocycles. The molecule has 0 fully saturated rings. The summed E-state index contributed by atoms with van der Waals surface area (Å²) >= 11 is 4.56. The third-order valence-electron chi connectivity index (χ3n) is 1.97. The number of hydrogen-bond donors (Lipinski definition) is 1. The summed E-state index contributed by atoms with van der Waals surface area (Å²) in [4.78, 5) is 0. The maximum atomic E-state index is 4.56. The van der Waals surface area contributed by atoms with Crippen molar-refractivity contribution in [2.75, 3.05) is 0 Å². The van der Waals surface area contributed by atoms with Crippen molar-refractivity contribution in [3.8, 4) is 0 Å². The lowest BCUT2D eigenvalue weighted by Crippen LogP contribution is -2.10. The van der Waals surface area contributed by atoms with E-state index in [4.69, 9.17) is 0 Å². The van der Waals surface area contributed by atoms with E-state index in [1.54, 1.807) is 6.20 Å². The average molecular weight is 202 g/mol. The molecule has 0 saturated carbocycles. The Hall–Kier alpha value is -1.55. The first kappa shape index (κ1) is 9.02. The Kier molecular flexibility index (Phi) is 2.65. The summed E-state index contributed by atoms with van der Waals surface area (Å²) in [5.41, 5.74) is 3.34. The second-order valence-corrected chi connectivity index (χ2v) is 3.04. The molecule has 4 heteroatoms. The molecular weight excluding hydrogens is 194 g/mol. The SMILES string of the molecule is S=[C]NCc1nncc2ccccc12. The molecule has 14 heavy (non-hydrogen) atoms. The summed E-state index contributed by atoms with van der Waals surface area (Å²) in [5, 5.41) is 13.0. The van der Waals surface area contributed by atoms with Crippen LogP contribution < -0.4 is 5.32 Å². The van der Waals surface area contributed by atoms with E-state index >= 15 is 0 Å². The van der Waals surface area contributed by atoms with Crippen LogP contribution in [0.3, 0.4) is 0 Å². The summed E-state index contributed by atoms with van der Waals surface area (Å²) in [6.07, 6.45) is 1.75. The first-order valence-electron chi connectivity index (χ1n) is 4.21. The largest absolute Gasteiger partial charge is 0.368 e. The molecule has 0 atom stereocenters. The number of nitrogens with zero attached hydrogens (tertiary/aromatic N) is 2. The van der Waals surface area contributed by atoms with Crippen LogP contribution in [0.1, 0.15) is 5.69 Å². The van der Waals surface area contributed by atoms with Crippen molar-refractivity contribution in [1.82, 2.24) is 15.5 Å². The van der Waals surface area contributed by atoms with Crippen LogP contribution >= 0.6 is 12.2 Å². The normalized spacial score (nSPS) is 10.0. The fourth-order valence-corrected chi connectivity index (χ4v) is 1.41. The average Bonchev–Trinajstić information content (AvgIpc) is 2.26. The highest BCUT2D eigenvalue weighted by atomic mass is 32.1. The van der Waals surface area contributed by atoms with Gasteiger partial charge in [-0.2, -0.15) is 10.2 Å². The minimum absolute atomic E-state index is 0.567. The van der Waals surface area contributed by atoms with Gasteiger partial charge in [0.05, 0.1) is 18.4 Å². The van der Waals surface area contributed by atoms with E-state index in [0.717, 1.165) is 16.5 Å². The van der Waals surface area contributed by atoms with Gasteiger partial charge >= 0.3 is 0 Å². The molecule has 0 unspecified atom stereocenters. The van der Waals surface area contributed by atoms with E-state index in [2.05, 4.69) is 33.2 Å².